The van der Waals surface area contributed by atoms with E-state index in [1.165, 1.54) is 12.1 Å². The third-order valence-corrected chi connectivity index (χ3v) is 2.03. The zero-order valence-corrected chi connectivity index (χ0v) is 9.35. The molecule has 0 saturated carbocycles. The van der Waals surface area contributed by atoms with Gasteiger partial charge in [-0.1, -0.05) is 23.2 Å². The summed E-state index contributed by atoms with van der Waals surface area (Å²) in [5.41, 5.74) is 0.359. The lowest BCUT2D eigenvalue weighted by atomic mass is 10.2. The monoisotopic (exact) mass is 248 g/mol. The molecule has 0 unspecified atom stereocenters. The van der Waals surface area contributed by atoms with Gasteiger partial charge in [-0.3, -0.25) is 4.79 Å². The molecule has 1 amide bonds. The van der Waals surface area contributed by atoms with Crippen LogP contribution in [-0.2, 0) is 0 Å². The number of hydrogen-bond acceptors (Lipinski definition) is 3. The number of carbonyl (C=O) groups excluding carboxylic acids is 1. The van der Waals surface area contributed by atoms with Gasteiger partial charge in [0.25, 0.3) is 5.91 Å². The maximum atomic E-state index is 11.5. The van der Waals surface area contributed by atoms with Crippen LogP contribution in [0.1, 0.15) is 16.8 Å². The van der Waals surface area contributed by atoms with Gasteiger partial charge in [-0.15, -0.1) is 0 Å². The van der Waals surface area contributed by atoms with E-state index in [1.807, 2.05) is 0 Å². The molecule has 6 heteroatoms. The summed E-state index contributed by atoms with van der Waals surface area (Å²) >= 11 is 11.3. The van der Waals surface area contributed by atoms with Gasteiger partial charge in [0.1, 0.15) is 10.3 Å². The zero-order valence-electron chi connectivity index (χ0n) is 7.83. The van der Waals surface area contributed by atoms with E-state index in [0.29, 0.717) is 18.5 Å². The number of aliphatic hydroxyl groups is 1. The molecule has 1 rings (SSSR count). The summed E-state index contributed by atoms with van der Waals surface area (Å²) in [6.07, 6.45) is 0.512. The van der Waals surface area contributed by atoms with Gasteiger partial charge in [0.2, 0.25) is 0 Å². The summed E-state index contributed by atoms with van der Waals surface area (Å²) in [6, 6.07) is 2.86. The van der Waals surface area contributed by atoms with Crippen molar-refractivity contribution in [1.82, 2.24) is 10.3 Å². The van der Waals surface area contributed by atoms with Crippen molar-refractivity contribution < 1.29 is 9.90 Å². The van der Waals surface area contributed by atoms with Crippen molar-refractivity contribution in [2.45, 2.75) is 6.42 Å². The quantitative estimate of drug-likeness (QED) is 0.627. The first-order valence-corrected chi connectivity index (χ1v) is 5.11. The molecule has 0 aliphatic carbocycles. The first-order chi connectivity index (χ1) is 7.13. The van der Waals surface area contributed by atoms with Crippen molar-refractivity contribution in [3.63, 3.8) is 0 Å². The third kappa shape index (κ3) is 4.03. The van der Waals surface area contributed by atoms with E-state index in [-0.39, 0.29) is 22.8 Å². The molecule has 1 aromatic rings. The predicted molar refractivity (Wildman–Crippen MR) is 58.3 cm³/mol. The largest absolute Gasteiger partial charge is 0.396 e. The number of halogens is 2. The average Bonchev–Trinajstić information content (AvgIpc) is 2.16. The first-order valence-electron chi connectivity index (χ1n) is 4.35. The van der Waals surface area contributed by atoms with E-state index in [0.717, 1.165) is 0 Å². The second-order valence-electron chi connectivity index (χ2n) is 2.83. The van der Waals surface area contributed by atoms with Crippen LogP contribution in [-0.4, -0.2) is 29.1 Å². The van der Waals surface area contributed by atoms with Crippen LogP contribution in [0, 0.1) is 0 Å². The van der Waals surface area contributed by atoms with Gasteiger partial charge >= 0.3 is 0 Å². The van der Waals surface area contributed by atoms with E-state index < -0.39 is 0 Å². The summed E-state index contributed by atoms with van der Waals surface area (Å²) < 4.78 is 0. The van der Waals surface area contributed by atoms with Crippen molar-refractivity contribution in [3.8, 4) is 0 Å². The minimum atomic E-state index is -0.283. The molecule has 0 atom stereocenters. The molecular weight excluding hydrogens is 239 g/mol. The van der Waals surface area contributed by atoms with E-state index in [9.17, 15) is 4.79 Å². The number of hydrogen-bond donors (Lipinski definition) is 2. The lowest BCUT2D eigenvalue weighted by Gasteiger charge is -2.04. The van der Waals surface area contributed by atoms with Crippen LogP contribution < -0.4 is 5.32 Å². The fraction of sp³-hybridized carbons (Fsp3) is 0.333. The topological polar surface area (TPSA) is 62.2 Å². The van der Waals surface area contributed by atoms with Gasteiger partial charge in [-0.05, 0) is 18.6 Å². The Hall–Kier alpha value is -0.840. The highest BCUT2D eigenvalue weighted by Gasteiger charge is 2.07. The van der Waals surface area contributed by atoms with E-state index in [1.54, 1.807) is 0 Å². The van der Waals surface area contributed by atoms with Gasteiger partial charge in [0.15, 0.2) is 0 Å². The second-order valence-corrected chi connectivity index (χ2v) is 3.61. The Kier molecular flexibility index (Phi) is 4.81. The Bertz CT molecular complexity index is 338. The average molecular weight is 249 g/mol. The Balaban J connectivity index is 2.65. The molecule has 15 heavy (non-hydrogen) atoms. The van der Waals surface area contributed by atoms with Gasteiger partial charge in [0.05, 0.1) is 0 Å². The molecular formula is C9H10Cl2N2O2. The highest BCUT2D eigenvalue weighted by Crippen LogP contribution is 2.14. The van der Waals surface area contributed by atoms with Crippen molar-refractivity contribution in [2.24, 2.45) is 0 Å². The number of aromatic nitrogens is 1. The lowest BCUT2D eigenvalue weighted by molar-refractivity contribution is 0.0951. The molecule has 0 aliphatic heterocycles. The van der Waals surface area contributed by atoms with Gasteiger partial charge in [-0.2, -0.15) is 0 Å². The smallest absolute Gasteiger partial charge is 0.251 e. The van der Waals surface area contributed by atoms with Crippen LogP contribution in [0.25, 0.3) is 0 Å². The number of nitrogens with one attached hydrogen (secondary N) is 1. The maximum Gasteiger partial charge on any atom is 0.251 e. The molecule has 2 N–H and O–H groups in total. The molecule has 0 radical (unpaired) electrons. The number of aliphatic hydroxyl groups excluding tert-OH is 1. The fourth-order valence-electron chi connectivity index (χ4n) is 0.979. The number of rotatable bonds is 4. The van der Waals surface area contributed by atoms with Crippen LogP contribution in [0.3, 0.4) is 0 Å². The van der Waals surface area contributed by atoms with Gasteiger partial charge in [0, 0.05) is 18.7 Å². The molecule has 0 spiro atoms. The molecule has 4 nitrogen and oxygen atoms in total. The van der Waals surface area contributed by atoms with E-state index >= 15 is 0 Å². The summed E-state index contributed by atoms with van der Waals surface area (Å²) in [6.45, 7) is 0.449. The van der Waals surface area contributed by atoms with Crippen LogP contribution in [0.4, 0.5) is 0 Å². The Morgan fingerprint density at radius 2 is 2.00 bits per heavy atom. The van der Waals surface area contributed by atoms with Crippen LogP contribution in [0.2, 0.25) is 10.3 Å². The summed E-state index contributed by atoms with van der Waals surface area (Å²) in [4.78, 5) is 15.2. The standard InChI is InChI=1S/C9H10Cl2N2O2/c10-7-4-6(5-8(11)13-7)9(15)12-2-1-3-14/h4-5,14H,1-3H2,(H,12,15). The number of nitrogens with zero attached hydrogens (tertiary/aromatic N) is 1. The van der Waals surface area contributed by atoms with Crippen LogP contribution >= 0.6 is 23.2 Å². The fourth-order valence-corrected chi connectivity index (χ4v) is 1.44. The highest BCUT2D eigenvalue weighted by atomic mass is 35.5. The summed E-state index contributed by atoms with van der Waals surface area (Å²) in [5, 5.41) is 11.5. The van der Waals surface area contributed by atoms with E-state index in [2.05, 4.69) is 10.3 Å². The van der Waals surface area contributed by atoms with Crippen LogP contribution in [0.15, 0.2) is 12.1 Å². The van der Waals surface area contributed by atoms with Gasteiger partial charge in [-0.25, -0.2) is 4.98 Å². The summed E-state index contributed by atoms with van der Waals surface area (Å²) in [5.74, 6) is -0.283. The summed E-state index contributed by atoms with van der Waals surface area (Å²) in [7, 11) is 0. The molecule has 0 bridgehead atoms. The second kappa shape index (κ2) is 5.90. The minimum absolute atomic E-state index is 0.0398. The SMILES string of the molecule is O=C(NCCCO)c1cc(Cl)nc(Cl)c1. The maximum absolute atomic E-state index is 11.5. The predicted octanol–water partition coefficient (Wildman–Crippen LogP) is 1.50. The van der Waals surface area contributed by atoms with Crippen molar-refractivity contribution in [3.05, 3.63) is 28.0 Å². The van der Waals surface area contributed by atoms with Crippen molar-refractivity contribution in [1.29, 1.82) is 0 Å². The minimum Gasteiger partial charge on any atom is -0.396 e. The van der Waals surface area contributed by atoms with Crippen molar-refractivity contribution >= 4 is 29.1 Å². The molecule has 1 heterocycles. The molecule has 0 saturated heterocycles. The normalized spacial score (nSPS) is 10.1. The Morgan fingerprint density at radius 3 is 2.53 bits per heavy atom. The lowest BCUT2D eigenvalue weighted by Crippen LogP contribution is -2.25. The van der Waals surface area contributed by atoms with Gasteiger partial charge < -0.3 is 10.4 Å². The van der Waals surface area contributed by atoms with Crippen LogP contribution in [0.5, 0.6) is 0 Å². The Morgan fingerprint density at radius 1 is 1.40 bits per heavy atom. The molecule has 0 aromatic carbocycles. The number of pyridine rings is 1. The molecule has 0 fully saturated rings. The molecule has 0 aliphatic rings. The van der Waals surface area contributed by atoms with E-state index in [4.69, 9.17) is 28.3 Å². The molecule has 82 valence electrons. The first kappa shape index (κ1) is 12.2. The van der Waals surface area contributed by atoms with Crippen molar-refractivity contribution in [2.75, 3.05) is 13.2 Å². The number of amides is 1. The third-order valence-electron chi connectivity index (χ3n) is 1.65. The number of carbonyl (C=O) groups is 1. The zero-order chi connectivity index (χ0) is 11.3. The Labute approximate surface area is 97.2 Å². The molecule has 1 aromatic heterocycles. The highest BCUT2D eigenvalue weighted by molar-refractivity contribution is 6.33.